The Morgan fingerprint density at radius 2 is 2.12 bits per heavy atom. The summed E-state index contributed by atoms with van der Waals surface area (Å²) < 4.78 is 5.15. The molecule has 0 aliphatic carbocycles. The Bertz CT molecular complexity index is 61.4. The number of halogens is 1. The molecule has 0 unspecified atom stereocenters. The molecule has 1 N–H and O–H groups in total. The lowest BCUT2D eigenvalue weighted by Crippen LogP contribution is -2.25. The summed E-state index contributed by atoms with van der Waals surface area (Å²) in [5.41, 5.74) is 0. The van der Waals surface area contributed by atoms with Gasteiger partial charge in [-0.15, -0.1) is 12.4 Å². The molecule has 0 amide bonds. The Hall–Kier alpha value is 0.210. The maximum atomic E-state index is 5.15. The number of ether oxygens (including phenoxy) is 1. The summed E-state index contributed by atoms with van der Waals surface area (Å²) in [5, 5.41) is 3.19. The predicted molar refractivity (Wildman–Crippen MR) is 35.3 cm³/mol. The molecule has 0 aromatic heterocycles. The average Bonchev–Trinajstić information content (AvgIpc) is 1.87. The van der Waals surface area contributed by atoms with Crippen molar-refractivity contribution in [2.75, 3.05) is 6.61 Å². The van der Waals surface area contributed by atoms with Gasteiger partial charge in [-0.3, -0.25) is 5.32 Å². The quantitative estimate of drug-likeness (QED) is 0.533. The smallest absolute Gasteiger partial charge is 0.105 e. The second-order valence-corrected chi connectivity index (χ2v) is 2.04. The first-order valence-corrected chi connectivity index (χ1v) is 2.66. The fraction of sp³-hybridized carbons (Fsp3) is 1.00. The van der Waals surface area contributed by atoms with Crippen LogP contribution in [0.15, 0.2) is 0 Å². The maximum absolute atomic E-state index is 5.15. The van der Waals surface area contributed by atoms with Gasteiger partial charge < -0.3 is 4.74 Å². The van der Waals surface area contributed by atoms with Crippen LogP contribution in [0.2, 0.25) is 0 Å². The number of hydrogen-bond acceptors (Lipinski definition) is 2. The monoisotopic (exact) mass is 137 g/mol. The van der Waals surface area contributed by atoms with Gasteiger partial charge in [-0.2, -0.15) is 0 Å². The van der Waals surface area contributed by atoms with Gasteiger partial charge in [-0.25, -0.2) is 0 Å². The molecule has 8 heavy (non-hydrogen) atoms. The van der Waals surface area contributed by atoms with Gasteiger partial charge in [0.2, 0.25) is 0 Å². The summed E-state index contributed by atoms with van der Waals surface area (Å²) >= 11 is 0. The second kappa shape index (κ2) is 3.28. The van der Waals surface area contributed by atoms with E-state index >= 15 is 0 Å². The highest BCUT2D eigenvalue weighted by molar-refractivity contribution is 5.85. The number of rotatable bonds is 0. The van der Waals surface area contributed by atoms with E-state index in [0.29, 0.717) is 6.04 Å². The van der Waals surface area contributed by atoms with Gasteiger partial charge in [-0.05, 0) is 13.8 Å². The van der Waals surface area contributed by atoms with Gasteiger partial charge >= 0.3 is 0 Å². The van der Waals surface area contributed by atoms with Gasteiger partial charge in [0, 0.05) is 6.04 Å². The Labute approximate surface area is 56.0 Å². The van der Waals surface area contributed by atoms with Gasteiger partial charge in [0.05, 0.1) is 6.61 Å². The van der Waals surface area contributed by atoms with Gasteiger partial charge in [0.15, 0.2) is 0 Å². The molecule has 2 nitrogen and oxygen atoms in total. The molecule has 0 bridgehead atoms. The van der Waals surface area contributed by atoms with Crippen LogP contribution in [0, 0.1) is 0 Å². The van der Waals surface area contributed by atoms with E-state index in [9.17, 15) is 0 Å². The summed E-state index contributed by atoms with van der Waals surface area (Å²) in [5.74, 6) is 0. The van der Waals surface area contributed by atoms with Crippen LogP contribution >= 0.6 is 12.4 Å². The fourth-order valence-electron chi connectivity index (χ4n) is 0.786. The van der Waals surface area contributed by atoms with Crippen molar-refractivity contribution < 1.29 is 4.74 Å². The van der Waals surface area contributed by atoms with Crippen LogP contribution < -0.4 is 5.32 Å². The summed E-state index contributed by atoms with van der Waals surface area (Å²) in [6, 6.07) is 0.551. The molecule has 0 spiro atoms. The zero-order chi connectivity index (χ0) is 5.28. The van der Waals surface area contributed by atoms with E-state index in [-0.39, 0.29) is 18.6 Å². The predicted octanol–water partition coefficient (Wildman–Crippen LogP) is 0.762. The maximum Gasteiger partial charge on any atom is 0.105 e. The molecule has 1 aliphatic heterocycles. The molecule has 0 aromatic rings. The van der Waals surface area contributed by atoms with E-state index in [4.69, 9.17) is 4.74 Å². The minimum absolute atomic E-state index is 0. The van der Waals surface area contributed by atoms with Crippen molar-refractivity contribution in [1.82, 2.24) is 5.32 Å². The van der Waals surface area contributed by atoms with Crippen LogP contribution in [-0.4, -0.2) is 18.9 Å². The molecular weight excluding hydrogens is 126 g/mol. The molecule has 1 aliphatic rings. The van der Waals surface area contributed by atoms with Crippen molar-refractivity contribution in [3.8, 4) is 0 Å². The lowest BCUT2D eigenvalue weighted by molar-refractivity contribution is 0.115. The Kier molecular flexibility index (Phi) is 3.36. The zero-order valence-electron chi connectivity index (χ0n) is 5.18. The average molecular weight is 138 g/mol. The van der Waals surface area contributed by atoms with Crippen LogP contribution in [0.5, 0.6) is 0 Å². The minimum Gasteiger partial charge on any atom is -0.362 e. The highest BCUT2D eigenvalue weighted by Crippen LogP contribution is 1.98. The summed E-state index contributed by atoms with van der Waals surface area (Å²) in [7, 11) is 0. The lowest BCUT2D eigenvalue weighted by atomic mass is 10.4. The van der Waals surface area contributed by atoms with E-state index in [1.165, 1.54) is 0 Å². The first-order chi connectivity index (χ1) is 3.29. The van der Waals surface area contributed by atoms with Crippen molar-refractivity contribution in [3.05, 3.63) is 0 Å². The molecule has 0 radical (unpaired) electrons. The van der Waals surface area contributed by atoms with Gasteiger partial charge in [0.25, 0.3) is 0 Å². The van der Waals surface area contributed by atoms with E-state index in [0.717, 1.165) is 6.61 Å². The molecule has 0 saturated carbocycles. The van der Waals surface area contributed by atoms with E-state index < -0.39 is 0 Å². The molecule has 2 atom stereocenters. The van der Waals surface area contributed by atoms with Crippen molar-refractivity contribution in [1.29, 1.82) is 0 Å². The SMILES string of the molecule is C[C@@H]1N[C@@H](C)CO1.Cl. The molecule has 1 fully saturated rings. The van der Waals surface area contributed by atoms with Crippen LogP contribution in [0.3, 0.4) is 0 Å². The van der Waals surface area contributed by atoms with Crippen LogP contribution in [0.4, 0.5) is 0 Å². The van der Waals surface area contributed by atoms with Crippen LogP contribution in [0.1, 0.15) is 13.8 Å². The normalized spacial score (nSPS) is 36.8. The Balaban J connectivity index is 0.000000490. The van der Waals surface area contributed by atoms with Crippen molar-refractivity contribution in [2.24, 2.45) is 0 Å². The second-order valence-electron chi connectivity index (χ2n) is 2.04. The zero-order valence-corrected chi connectivity index (χ0v) is 5.99. The molecule has 3 heteroatoms. The van der Waals surface area contributed by atoms with Gasteiger partial charge in [-0.1, -0.05) is 0 Å². The van der Waals surface area contributed by atoms with Crippen LogP contribution in [0.25, 0.3) is 0 Å². The highest BCUT2D eigenvalue weighted by Gasteiger charge is 2.14. The third-order valence-corrected chi connectivity index (χ3v) is 1.12. The van der Waals surface area contributed by atoms with Crippen molar-refractivity contribution >= 4 is 12.4 Å². The number of hydrogen-bond donors (Lipinski definition) is 1. The molecule has 1 rings (SSSR count). The first kappa shape index (κ1) is 8.21. The summed E-state index contributed by atoms with van der Waals surface area (Å²) in [4.78, 5) is 0. The topological polar surface area (TPSA) is 21.3 Å². The molecular formula is C5H12ClNO. The molecule has 1 heterocycles. The number of nitrogens with one attached hydrogen (secondary N) is 1. The largest absolute Gasteiger partial charge is 0.362 e. The summed E-state index contributed by atoms with van der Waals surface area (Å²) in [6.45, 7) is 4.99. The Morgan fingerprint density at radius 3 is 2.25 bits per heavy atom. The van der Waals surface area contributed by atoms with E-state index in [2.05, 4.69) is 12.2 Å². The third-order valence-electron chi connectivity index (χ3n) is 1.12. The lowest BCUT2D eigenvalue weighted by Gasteiger charge is -1.99. The van der Waals surface area contributed by atoms with Crippen LogP contribution in [-0.2, 0) is 4.74 Å². The van der Waals surface area contributed by atoms with Crippen molar-refractivity contribution in [2.45, 2.75) is 26.1 Å². The molecule has 1 saturated heterocycles. The summed E-state index contributed by atoms with van der Waals surface area (Å²) in [6.07, 6.45) is 0.273. The van der Waals surface area contributed by atoms with E-state index in [1.807, 2.05) is 6.92 Å². The minimum atomic E-state index is 0. The van der Waals surface area contributed by atoms with Gasteiger partial charge in [0.1, 0.15) is 6.23 Å². The van der Waals surface area contributed by atoms with E-state index in [1.54, 1.807) is 0 Å². The Morgan fingerprint density at radius 1 is 1.50 bits per heavy atom. The third kappa shape index (κ3) is 1.99. The first-order valence-electron chi connectivity index (χ1n) is 2.66. The molecule has 50 valence electrons. The molecule has 0 aromatic carbocycles. The van der Waals surface area contributed by atoms with Crippen molar-refractivity contribution in [3.63, 3.8) is 0 Å². The standard InChI is InChI=1S/C5H11NO.ClH/c1-4-3-7-5(2)6-4;/h4-6H,3H2,1-2H3;1H/t4-,5+;/m0./s1. The highest BCUT2D eigenvalue weighted by atomic mass is 35.5. The fourth-order valence-corrected chi connectivity index (χ4v) is 0.786.